The van der Waals surface area contributed by atoms with Gasteiger partial charge in [0.05, 0.1) is 5.69 Å². The molecule has 0 aliphatic carbocycles. The van der Waals surface area contributed by atoms with Gasteiger partial charge in [0, 0.05) is 0 Å². The van der Waals surface area contributed by atoms with E-state index in [1.54, 1.807) is 0 Å². The van der Waals surface area contributed by atoms with Crippen molar-refractivity contribution in [3.05, 3.63) is 24.3 Å². The molecule has 2 atom stereocenters. The zero-order valence-corrected chi connectivity index (χ0v) is 7.36. The fourth-order valence-corrected chi connectivity index (χ4v) is 1.40. The Balaban J connectivity index is 2.32. The molecule has 13 heavy (non-hydrogen) atoms. The first kappa shape index (κ1) is 8.10. The summed E-state index contributed by atoms with van der Waals surface area (Å²) in [6.45, 7) is 1.88. The number of benzene rings is 1. The van der Waals surface area contributed by atoms with E-state index in [9.17, 15) is 4.79 Å². The molecule has 2 unspecified atom stereocenters. The number of nitrogens with one attached hydrogen (secondary N) is 1. The summed E-state index contributed by atoms with van der Waals surface area (Å²) in [5.41, 5.74) is 0.887. The average molecular weight is 177 g/mol. The predicted octanol–water partition coefficient (Wildman–Crippen LogP) is 1.45. The van der Waals surface area contributed by atoms with Gasteiger partial charge >= 0.3 is 0 Å². The molecule has 0 spiro atoms. The maximum atomic E-state index is 10.6. The van der Waals surface area contributed by atoms with Gasteiger partial charge in [-0.15, -0.1) is 0 Å². The van der Waals surface area contributed by atoms with E-state index in [0.717, 1.165) is 17.7 Å². The molecular formula is C10H11NO2. The third-order valence-corrected chi connectivity index (χ3v) is 2.17. The third-order valence-electron chi connectivity index (χ3n) is 2.17. The lowest BCUT2D eigenvalue weighted by Crippen LogP contribution is -2.40. The molecule has 1 aromatic carbocycles. The number of rotatable bonds is 1. The minimum Gasteiger partial charge on any atom is -0.486 e. The molecule has 0 radical (unpaired) electrons. The Hall–Kier alpha value is -1.51. The standard InChI is InChI=1S/C10H11NO2/c1-7-9(6-12)11-8-4-2-3-5-10(8)13-7/h2-7,9,11H,1H3. The summed E-state index contributed by atoms with van der Waals surface area (Å²) in [6, 6.07) is 7.37. The molecule has 3 heteroatoms. The van der Waals surface area contributed by atoms with E-state index in [4.69, 9.17) is 4.74 Å². The van der Waals surface area contributed by atoms with E-state index in [2.05, 4.69) is 5.32 Å². The number of ether oxygens (including phenoxy) is 1. The lowest BCUT2D eigenvalue weighted by molar-refractivity contribution is -0.110. The molecular weight excluding hydrogens is 166 g/mol. The molecule has 0 saturated heterocycles. The van der Waals surface area contributed by atoms with Crippen LogP contribution in [-0.2, 0) is 4.79 Å². The number of para-hydroxylation sites is 2. The van der Waals surface area contributed by atoms with Crippen molar-refractivity contribution in [1.82, 2.24) is 0 Å². The first-order valence-corrected chi connectivity index (χ1v) is 4.29. The van der Waals surface area contributed by atoms with Gasteiger partial charge in [-0.05, 0) is 19.1 Å². The molecule has 2 rings (SSSR count). The summed E-state index contributed by atoms with van der Waals surface area (Å²) in [5, 5.41) is 3.10. The lowest BCUT2D eigenvalue weighted by Gasteiger charge is -2.29. The van der Waals surface area contributed by atoms with Crippen molar-refractivity contribution >= 4 is 12.0 Å². The highest BCUT2D eigenvalue weighted by molar-refractivity contribution is 5.70. The minimum absolute atomic E-state index is 0.104. The van der Waals surface area contributed by atoms with Crippen LogP contribution in [0.5, 0.6) is 5.75 Å². The summed E-state index contributed by atoms with van der Waals surface area (Å²) in [6.07, 6.45) is 0.771. The zero-order valence-electron chi connectivity index (χ0n) is 7.36. The number of carbonyl (C=O) groups excluding carboxylic acids is 1. The van der Waals surface area contributed by atoms with Crippen LogP contribution in [0.2, 0.25) is 0 Å². The van der Waals surface area contributed by atoms with E-state index >= 15 is 0 Å². The van der Waals surface area contributed by atoms with Crippen LogP contribution >= 0.6 is 0 Å². The molecule has 1 N–H and O–H groups in total. The highest BCUT2D eigenvalue weighted by atomic mass is 16.5. The van der Waals surface area contributed by atoms with Crippen LogP contribution in [0.3, 0.4) is 0 Å². The Bertz CT molecular complexity index is 324. The maximum absolute atomic E-state index is 10.6. The van der Waals surface area contributed by atoms with Crippen LogP contribution < -0.4 is 10.1 Å². The largest absolute Gasteiger partial charge is 0.486 e. The molecule has 1 aliphatic heterocycles. The van der Waals surface area contributed by atoms with E-state index in [1.807, 2.05) is 31.2 Å². The summed E-state index contributed by atoms with van der Waals surface area (Å²) >= 11 is 0. The smallest absolute Gasteiger partial charge is 0.146 e. The molecule has 1 aromatic rings. The molecule has 68 valence electrons. The van der Waals surface area contributed by atoms with E-state index in [-0.39, 0.29) is 12.1 Å². The van der Waals surface area contributed by atoms with Gasteiger partial charge in [-0.3, -0.25) is 0 Å². The van der Waals surface area contributed by atoms with Gasteiger partial charge in [-0.1, -0.05) is 12.1 Å². The van der Waals surface area contributed by atoms with Crippen molar-refractivity contribution in [1.29, 1.82) is 0 Å². The summed E-state index contributed by atoms with van der Waals surface area (Å²) in [4.78, 5) is 10.6. The van der Waals surface area contributed by atoms with Crippen molar-refractivity contribution in [3.8, 4) is 5.75 Å². The molecule has 0 aromatic heterocycles. The van der Waals surface area contributed by atoms with Crippen molar-refractivity contribution in [2.45, 2.75) is 19.1 Å². The van der Waals surface area contributed by atoms with E-state index in [1.165, 1.54) is 0 Å². The van der Waals surface area contributed by atoms with Crippen molar-refractivity contribution in [3.63, 3.8) is 0 Å². The van der Waals surface area contributed by atoms with Gasteiger partial charge in [-0.25, -0.2) is 0 Å². The Morgan fingerprint density at radius 1 is 1.46 bits per heavy atom. The fraction of sp³-hybridized carbons (Fsp3) is 0.300. The van der Waals surface area contributed by atoms with Crippen LogP contribution in [0, 0.1) is 0 Å². The SMILES string of the molecule is CC1Oc2ccccc2NC1C=O. The molecule has 1 aliphatic rings. The number of carbonyl (C=O) groups is 1. The van der Waals surface area contributed by atoms with Gasteiger partial charge in [0.2, 0.25) is 0 Å². The second-order valence-corrected chi connectivity index (χ2v) is 3.13. The van der Waals surface area contributed by atoms with Crippen LogP contribution in [0.4, 0.5) is 5.69 Å². The number of anilines is 1. The Kier molecular flexibility index (Phi) is 1.93. The van der Waals surface area contributed by atoms with Crippen LogP contribution in [0.1, 0.15) is 6.92 Å². The number of fused-ring (bicyclic) bond motifs is 1. The van der Waals surface area contributed by atoms with Crippen LogP contribution in [0.15, 0.2) is 24.3 Å². The Morgan fingerprint density at radius 2 is 2.23 bits per heavy atom. The highest BCUT2D eigenvalue weighted by Gasteiger charge is 2.24. The first-order valence-electron chi connectivity index (χ1n) is 4.29. The molecule has 0 bridgehead atoms. The Morgan fingerprint density at radius 3 is 3.00 bits per heavy atom. The normalized spacial score (nSPS) is 25.3. The van der Waals surface area contributed by atoms with Crippen LogP contribution in [-0.4, -0.2) is 18.4 Å². The lowest BCUT2D eigenvalue weighted by atomic mass is 10.1. The van der Waals surface area contributed by atoms with Gasteiger partial charge < -0.3 is 14.8 Å². The van der Waals surface area contributed by atoms with Crippen LogP contribution in [0.25, 0.3) is 0 Å². The zero-order chi connectivity index (χ0) is 9.26. The highest BCUT2D eigenvalue weighted by Crippen LogP contribution is 2.29. The molecule has 1 heterocycles. The first-order chi connectivity index (χ1) is 6.31. The van der Waals surface area contributed by atoms with Crippen molar-refractivity contribution in [2.24, 2.45) is 0 Å². The number of hydrogen-bond acceptors (Lipinski definition) is 3. The molecule has 0 saturated carbocycles. The van der Waals surface area contributed by atoms with Crippen molar-refractivity contribution in [2.75, 3.05) is 5.32 Å². The second kappa shape index (κ2) is 3.09. The molecule has 3 nitrogen and oxygen atoms in total. The van der Waals surface area contributed by atoms with E-state index < -0.39 is 0 Å². The predicted molar refractivity (Wildman–Crippen MR) is 50.0 cm³/mol. The van der Waals surface area contributed by atoms with Gasteiger partial charge in [0.1, 0.15) is 24.2 Å². The minimum atomic E-state index is -0.241. The van der Waals surface area contributed by atoms with Gasteiger partial charge in [0.15, 0.2) is 0 Å². The van der Waals surface area contributed by atoms with Gasteiger partial charge in [0.25, 0.3) is 0 Å². The van der Waals surface area contributed by atoms with E-state index in [0.29, 0.717) is 0 Å². The summed E-state index contributed by atoms with van der Waals surface area (Å²) in [7, 11) is 0. The third kappa shape index (κ3) is 1.37. The summed E-state index contributed by atoms with van der Waals surface area (Å²) in [5.74, 6) is 0.813. The monoisotopic (exact) mass is 177 g/mol. The maximum Gasteiger partial charge on any atom is 0.146 e. The molecule has 0 amide bonds. The Labute approximate surface area is 76.7 Å². The quantitative estimate of drug-likeness (QED) is 0.660. The van der Waals surface area contributed by atoms with Gasteiger partial charge in [-0.2, -0.15) is 0 Å². The molecule has 0 fully saturated rings. The van der Waals surface area contributed by atoms with Crippen molar-refractivity contribution < 1.29 is 9.53 Å². The fourth-order valence-electron chi connectivity index (χ4n) is 1.40. The number of hydrogen-bond donors (Lipinski definition) is 1. The average Bonchev–Trinajstić information content (AvgIpc) is 2.17. The second-order valence-electron chi connectivity index (χ2n) is 3.13. The topological polar surface area (TPSA) is 38.3 Å². The number of aldehydes is 1. The summed E-state index contributed by atoms with van der Waals surface area (Å²) < 4.78 is 5.54.